The van der Waals surface area contributed by atoms with Gasteiger partial charge in [-0.25, -0.2) is 0 Å². The zero-order chi connectivity index (χ0) is 15.5. The molecular weight excluding hydrogens is 403 g/mol. The molecular formula is C16H29IN6. The Balaban J connectivity index is 0.00000192. The minimum absolute atomic E-state index is 0. The molecule has 0 bridgehead atoms. The van der Waals surface area contributed by atoms with E-state index in [1.54, 1.807) is 0 Å². The number of guanidine groups is 1. The first-order valence-corrected chi connectivity index (χ1v) is 8.49. The molecule has 1 aromatic heterocycles. The SMILES string of the molecule is CN=C(NCc1nnc(C)n1C)NC1CCC2CCCC2C1.I. The van der Waals surface area contributed by atoms with Crippen molar-refractivity contribution in [2.75, 3.05) is 7.05 Å². The molecule has 2 aliphatic rings. The summed E-state index contributed by atoms with van der Waals surface area (Å²) in [6.07, 6.45) is 8.25. The Hall–Kier alpha value is -0.860. The van der Waals surface area contributed by atoms with Gasteiger partial charge in [0.25, 0.3) is 0 Å². The number of hydrogen-bond acceptors (Lipinski definition) is 3. The number of halogens is 1. The lowest BCUT2D eigenvalue weighted by atomic mass is 9.79. The summed E-state index contributed by atoms with van der Waals surface area (Å²) >= 11 is 0. The van der Waals surface area contributed by atoms with Gasteiger partial charge in [-0.15, -0.1) is 34.2 Å². The maximum Gasteiger partial charge on any atom is 0.191 e. The van der Waals surface area contributed by atoms with Gasteiger partial charge in [-0.3, -0.25) is 4.99 Å². The Morgan fingerprint density at radius 2 is 2.00 bits per heavy atom. The first-order chi connectivity index (χ1) is 10.7. The molecule has 3 rings (SSSR count). The van der Waals surface area contributed by atoms with Gasteiger partial charge in [-0.05, 0) is 38.0 Å². The third-order valence-corrected chi connectivity index (χ3v) is 5.45. The highest BCUT2D eigenvalue weighted by atomic mass is 127. The standard InChI is InChI=1S/C16H28N6.HI/c1-11-20-21-15(22(11)3)10-18-16(17-2)19-14-8-7-12-5-4-6-13(12)9-14;/h12-14H,4-10H2,1-3H3,(H2,17,18,19);1H. The molecule has 1 heterocycles. The van der Waals surface area contributed by atoms with Crippen LogP contribution in [0.4, 0.5) is 0 Å². The second-order valence-electron chi connectivity index (χ2n) is 6.75. The third kappa shape index (κ3) is 4.36. The first kappa shape index (κ1) is 18.5. The van der Waals surface area contributed by atoms with Gasteiger partial charge in [-0.1, -0.05) is 19.3 Å². The molecule has 7 heteroatoms. The summed E-state index contributed by atoms with van der Waals surface area (Å²) < 4.78 is 2.00. The van der Waals surface area contributed by atoms with Crippen LogP contribution in [0, 0.1) is 18.8 Å². The quantitative estimate of drug-likeness (QED) is 0.437. The number of fused-ring (bicyclic) bond motifs is 1. The number of nitrogens with zero attached hydrogens (tertiary/aromatic N) is 4. The number of nitrogens with one attached hydrogen (secondary N) is 2. The zero-order valence-corrected chi connectivity index (χ0v) is 16.7. The highest BCUT2D eigenvalue weighted by molar-refractivity contribution is 14.0. The Bertz CT molecular complexity index is 541. The number of rotatable bonds is 3. The number of aliphatic imine (C=N–C) groups is 1. The fourth-order valence-electron chi connectivity index (χ4n) is 3.99. The van der Waals surface area contributed by atoms with E-state index in [1.807, 2.05) is 25.6 Å². The molecule has 2 saturated carbocycles. The molecule has 0 amide bonds. The summed E-state index contributed by atoms with van der Waals surface area (Å²) in [7, 11) is 3.82. The summed E-state index contributed by atoms with van der Waals surface area (Å²) in [6, 6.07) is 0.562. The van der Waals surface area contributed by atoms with Gasteiger partial charge in [0.1, 0.15) is 5.82 Å². The number of hydrogen-bond donors (Lipinski definition) is 2. The molecule has 0 radical (unpaired) electrons. The fraction of sp³-hybridized carbons (Fsp3) is 0.812. The monoisotopic (exact) mass is 432 g/mol. The van der Waals surface area contributed by atoms with Crippen LogP contribution in [0.25, 0.3) is 0 Å². The van der Waals surface area contributed by atoms with E-state index in [1.165, 1.54) is 38.5 Å². The summed E-state index contributed by atoms with van der Waals surface area (Å²) in [5.41, 5.74) is 0. The topological polar surface area (TPSA) is 67.1 Å². The molecule has 1 aromatic rings. The average Bonchev–Trinajstić information content (AvgIpc) is 3.11. The maximum absolute atomic E-state index is 4.36. The van der Waals surface area contributed by atoms with E-state index in [2.05, 4.69) is 25.8 Å². The van der Waals surface area contributed by atoms with E-state index in [0.717, 1.165) is 29.4 Å². The Labute approximate surface area is 155 Å². The van der Waals surface area contributed by atoms with Gasteiger partial charge in [0, 0.05) is 20.1 Å². The van der Waals surface area contributed by atoms with Crippen LogP contribution in [-0.4, -0.2) is 33.8 Å². The summed E-state index contributed by atoms with van der Waals surface area (Å²) in [5.74, 6) is 4.67. The van der Waals surface area contributed by atoms with Gasteiger partial charge < -0.3 is 15.2 Å². The predicted octanol–water partition coefficient (Wildman–Crippen LogP) is 2.38. The lowest BCUT2D eigenvalue weighted by Crippen LogP contribution is -2.46. The highest BCUT2D eigenvalue weighted by Gasteiger charge is 2.33. The normalized spacial score (nSPS) is 27.3. The molecule has 6 nitrogen and oxygen atoms in total. The Morgan fingerprint density at radius 3 is 2.70 bits per heavy atom. The van der Waals surface area contributed by atoms with Crippen molar-refractivity contribution in [2.24, 2.45) is 23.9 Å². The van der Waals surface area contributed by atoms with E-state index in [9.17, 15) is 0 Å². The van der Waals surface area contributed by atoms with Crippen molar-refractivity contribution < 1.29 is 0 Å². The molecule has 3 atom stereocenters. The first-order valence-electron chi connectivity index (χ1n) is 8.49. The van der Waals surface area contributed by atoms with E-state index >= 15 is 0 Å². The lowest BCUT2D eigenvalue weighted by Gasteiger charge is -2.33. The van der Waals surface area contributed by atoms with Gasteiger partial charge in [-0.2, -0.15) is 0 Å². The van der Waals surface area contributed by atoms with Gasteiger partial charge in [0.2, 0.25) is 0 Å². The van der Waals surface area contributed by atoms with Crippen molar-refractivity contribution in [2.45, 2.75) is 58.0 Å². The van der Waals surface area contributed by atoms with Gasteiger partial charge in [0.05, 0.1) is 6.54 Å². The Morgan fingerprint density at radius 1 is 1.22 bits per heavy atom. The molecule has 0 saturated heterocycles. The van der Waals surface area contributed by atoms with Crippen LogP contribution < -0.4 is 10.6 Å². The van der Waals surface area contributed by atoms with E-state index in [-0.39, 0.29) is 24.0 Å². The molecule has 130 valence electrons. The van der Waals surface area contributed by atoms with Crippen molar-refractivity contribution >= 4 is 29.9 Å². The van der Waals surface area contributed by atoms with Crippen LogP contribution in [0.15, 0.2) is 4.99 Å². The van der Waals surface area contributed by atoms with Crippen LogP contribution >= 0.6 is 24.0 Å². The second kappa shape index (κ2) is 8.30. The van der Waals surface area contributed by atoms with Gasteiger partial charge in [0.15, 0.2) is 11.8 Å². The van der Waals surface area contributed by atoms with Crippen molar-refractivity contribution in [3.05, 3.63) is 11.6 Å². The molecule has 2 fully saturated rings. The fourth-order valence-corrected chi connectivity index (χ4v) is 3.99. The molecule has 0 aliphatic heterocycles. The molecule has 23 heavy (non-hydrogen) atoms. The van der Waals surface area contributed by atoms with E-state index < -0.39 is 0 Å². The second-order valence-corrected chi connectivity index (χ2v) is 6.75. The van der Waals surface area contributed by atoms with Crippen molar-refractivity contribution in [3.63, 3.8) is 0 Å². The van der Waals surface area contributed by atoms with E-state index in [0.29, 0.717) is 12.6 Å². The predicted molar refractivity (Wildman–Crippen MR) is 103 cm³/mol. The summed E-state index contributed by atoms with van der Waals surface area (Å²) in [6.45, 7) is 2.61. The summed E-state index contributed by atoms with van der Waals surface area (Å²) in [5, 5.41) is 15.2. The number of aromatic nitrogens is 3. The largest absolute Gasteiger partial charge is 0.354 e. The number of aryl methyl sites for hydroxylation is 1. The van der Waals surface area contributed by atoms with Crippen LogP contribution in [0.2, 0.25) is 0 Å². The Kier molecular flexibility index (Phi) is 6.67. The van der Waals surface area contributed by atoms with Crippen LogP contribution in [0.5, 0.6) is 0 Å². The molecule has 0 spiro atoms. The minimum Gasteiger partial charge on any atom is -0.354 e. The summed E-state index contributed by atoms with van der Waals surface area (Å²) in [4.78, 5) is 4.36. The van der Waals surface area contributed by atoms with Crippen LogP contribution in [0.3, 0.4) is 0 Å². The molecule has 2 N–H and O–H groups in total. The van der Waals surface area contributed by atoms with Crippen molar-refractivity contribution in [3.8, 4) is 0 Å². The zero-order valence-electron chi connectivity index (χ0n) is 14.4. The van der Waals surface area contributed by atoms with Crippen LogP contribution in [-0.2, 0) is 13.6 Å². The molecule has 3 unspecified atom stereocenters. The highest BCUT2D eigenvalue weighted by Crippen LogP contribution is 2.41. The van der Waals surface area contributed by atoms with Crippen molar-refractivity contribution in [1.82, 2.24) is 25.4 Å². The third-order valence-electron chi connectivity index (χ3n) is 5.45. The lowest BCUT2D eigenvalue weighted by molar-refractivity contribution is 0.239. The van der Waals surface area contributed by atoms with Crippen LogP contribution in [0.1, 0.15) is 50.2 Å². The van der Waals surface area contributed by atoms with Gasteiger partial charge >= 0.3 is 0 Å². The maximum atomic E-state index is 4.36. The minimum atomic E-state index is 0. The smallest absolute Gasteiger partial charge is 0.191 e. The molecule has 0 aromatic carbocycles. The molecule has 2 aliphatic carbocycles. The van der Waals surface area contributed by atoms with Crippen molar-refractivity contribution in [1.29, 1.82) is 0 Å². The average molecular weight is 432 g/mol. The van der Waals surface area contributed by atoms with E-state index in [4.69, 9.17) is 0 Å².